The molecule has 0 bridgehead atoms. The number of carbonyl (C=O) groups excluding carboxylic acids is 1. The van der Waals surface area contributed by atoms with E-state index in [9.17, 15) is 9.59 Å². The number of rotatable bonds is 2. The number of ketones is 1. The summed E-state index contributed by atoms with van der Waals surface area (Å²) in [5.41, 5.74) is 3.84. The highest BCUT2D eigenvalue weighted by molar-refractivity contribution is 5.97. The monoisotopic (exact) mass is 339 g/mol. The van der Waals surface area contributed by atoms with Crippen molar-refractivity contribution in [3.8, 4) is 0 Å². The minimum absolute atomic E-state index is 0.327. The van der Waals surface area contributed by atoms with E-state index < -0.39 is 5.97 Å². The molecule has 4 rings (SSSR count). The Bertz CT molecular complexity index is 793. The summed E-state index contributed by atoms with van der Waals surface area (Å²) in [6.07, 6.45) is 14.3. The molecule has 4 heteroatoms. The van der Waals surface area contributed by atoms with Crippen LogP contribution in [0, 0.1) is 0 Å². The second-order valence-corrected chi connectivity index (χ2v) is 6.84. The van der Waals surface area contributed by atoms with Crippen molar-refractivity contribution in [1.82, 2.24) is 4.98 Å². The summed E-state index contributed by atoms with van der Waals surface area (Å²) in [5, 5.41) is 10.1. The van der Waals surface area contributed by atoms with Gasteiger partial charge in [-0.15, -0.1) is 0 Å². The Morgan fingerprint density at radius 1 is 1.00 bits per heavy atom. The highest BCUT2D eigenvalue weighted by Crippen LogP contribution is 2.32. The van der Waals surface area contributed by atoms with Gasteiger partial charge in [0.1, 0.15) is 5.78 Å². The van der Waals surface area contributed by atoms with E-state index in [2.05, 4.69) is 11.1 Å². The highest BCUT2D eigenvalue weighted by atomic mass is 16.4. The number of hydrogen-bond donors (Lipinski definition) is 2. The number of allylic oxidation sites excluding steroid dienone is 2. The summed E-state index contributed by atoms with van der Waals surface area (Å²) in [4.78, 5) is 24.6. The van der Waals surface area contributed by atoms with Gasteiger partial charge in [-0.2, -0.15) is 0 Å². The van der Waals surface area contributed by atoms with Gasteiger partial charge >= 0.3 is 5.97 Å². The van der Waals surface area contributed by atoms with Gasteiger partial charge in [-0.1, -0.05) is 18.6 Å². The molecule has 0 saturated heterocycles. The predicted molar refractivity (Wildman–Crippen MR) is 99.8 cm³/mol. The van der Waals surface area contributed by atoms with Crippen LogP contribution in [-0.2, 0) is 4.79 Å². The first-order valence-corrected chi connectivity index (χ1v) is 9.20. The number of nitrogens with one attached hydrogen (secondary N) is 1. The molecule has 2 N–H and O–H groups in total. The van der Waals surface area contributed by atoms with Crippen LogP contribution in [0.3, 0.4) is 0 Å². The zero-order valence-corrected chi connectivity index (χ0v) is 14.5. The number of aromatic nitrogens is 1. The van der Waals surface area contributed by atoms with Gasteiger partial charge in [0, 0.05) is 35.5 Å². The van der Waals surface area contributed by atoms with Crippen molar-refractivity contribution < 1.29 is 14.7 Å². The lowest BCUT2D eigenvalue weighted by Gasteiger charge is -2.11. The van der Waals surface area contributed by atoms with Gasteiger partial charge in [-0.05, 0) is 56.2 Å². The standard InChI is InChI=1S/C15H15NO2.C6H10O/c17-15(18)11-6-7-12-13(9-16-14(12)8-11)10-4-2-1-3-5-10;7-6-4-2-1-3-5-6/h4,6-9,16H,1-3,5H2,(H,17,18);1-5H2. The van der Waals surface area contributed by atoms with Crippen molar-refractivity contribution >= 4 is 28.2 Å². The third-order valence-corrected chi connectivity index (χ3v) is 4.98. The molecule has 1 heterocycles. The fraction of sp³-hybridized carbons (Fsp3) is 0.429. The molecule has 1 fully saturated rings. The van der Waals surface area contributed by atoms with E-state index in [4.69, 9.17) is 5.11 Å². The number of benzene rings is 1. The number of fused-ring (bicyclic) bond motifs is 1. The van der Waals surface area contributed by atoms with Gasteiger partial charge in [-0.3, -0.25) is 4.79 Å². The molecule has 2 aliphatic carbocycles. The second-order valence-electron chi connectivity index (χ2n) is 6.84. The molecule has 0 spiro atoms. The third kappa shape index (κ3) is 4.38. The Hall–Kier alpha value is -2.36. The minimum atomic E-state index is -0.884. The first-order valence-electron chi connectivity index (χ1n) is 9.20. The van der Waals surface area contributed by atoms with Crippen molar-refractivity contribution in [2.75, 3.05) is 0 Å². The van der Waals surface area contributed by atoms with Crippen molar-refractivity contribution in [2.45, 2.75) is 57.8 Å². The van der Waals surface area contributed by atoms with Crippen molar-refractivity contribution in [3.63, 3.8) is 0 Å². The zero-order chi connectivity index (χ0) is 17.6. The Balaban J connectivity index is 0.000000219. The lowest BCUT2D eigenvalue weighted by Crippen LogP contribution is -2.02. The number of hydrogen-bond acceptors (Lipinski definition) is 2. The Morgan fingerprint density at radius 2 is 1.76 bits per heavy atom. The maximum Gasteiger partial charge on any atom is 0.335 e. The summed E-state index contributed by atoms with van der Waals surface area (Å²) in [6.45, 7) is 0. The van der Waals surface area contributed by atoms with Crippen LogP contribution in [-0.4, -0.2) is 21.8 Å². The molecule has 1 aromatic carbocycles. The minimum Gasteiger partial charge on any atom is -0.478 e. The molecule has 0 atom stereocenters. The average Bonchev–Trinajstić information content (AvgIpc) is 3.07. The van der Waals surface area contributed by atoms with E-state index in [-0.39, 0.29) is 0 Å². The van der Waals surface area contributed by atoms with Gasteiger partial charge in [0.25, 0.3) is 0 Å². The third-order valence-electron chi connectivity index (χ3n) is 4.98. The number of H-pyrrole nitrogens is 1. The molecule has 2 aromatic rings. The van der Waals surface area contributed by atoms with Crippen LogP contribution in [0.15, 0.2) is 30.5 Å². The van der Waals surface area contributed by atoms with Crippen LogP contribution < -0.4 is 0 Å². The number of Topliss-reactive ketones (excluding diaryl/α,β-unsaturated/α-hetero) is 1. The molecule has 0 unspecified atom stereocenters. The van der Waals surface area contributed by atoms with E-state index in [1.54, 1.807) is 12.1 Å². The second kappa shape index (κ2) is 8.15. The van der Waals surface area contributed by atoms with Crippen molar-refractivity contribution in [1.29, 1.82) is 0 Å². The molecule has 0 aliphatic heterocycles. The summed E-state index contributed by atoms with van der Waals surface area (Å²) < 4.78 is 0. The molecule has 4 nitrogen and oxygen atoms in total. The summed E-state index contributed by atoms with van der Waals surface area (Å²) >= 11 is 0. The number of aromatic carboxylic acids is 1. The summed E-state index contributed by atoms with van der Waals surface area (Å²) in [7, 11) is 0. The highest BCUT2D eigenvalue weighted by Gasteiger charge is 2.12. The Morgan fingerprint density at radius 3 is 2.36 bits per heavy atom. The normalized spacial score (nSPS) is 17.6. The predicted octanol–water partition coefficient (Wildman–Crippen LogP) is 5.34. The van der Waals surface area contributed by atoms with Gasteiger partial charge in [0.05, 0.1) is 5.56 Å². The van der Waals surface area contributed by atoms with E-state index in [1.165, 1.54) is 30.4 Å². The summed E-state index contributed by atoms with van der Waals surface area (Å²) in [5.74, 6) is -0.420. The lowest BCUT2D eigenvalue weighted by molar-refractivity contribution is -0.120. The van der Waals surface area contributed by atoms with Crippen molar-refractivity contribution in [2.24, 2.45) is 0 Å². The van der Waals surface area contributed by atoms with E-state index >= 15 is 0 Å². The van der Waals surface area contributed by atoms with Gasteiger partial charge in [0.15, 0.2) is 0 Å². The van der Waals surface area contributed by atoms with Crippen LogP contribution in [0.2, 0.25) is 0 Å². The topological polar surface area (TPSA) is 70.2 Å². The number of carbonyl (C=O) groups is 2. The molecular formula is C21H25NO3. The van der Waals surface area contributed by atoms with Crippen LogP contribution in [0.1, 0.15) is 73.7 Å². The van der Waals surface area contributed by atoms with Crippen LogP contribution in [0.25, 0.3) is 16.5 Å². The molecule has 1 saturated carbocycles. The molecule has 2 aliphatic rings. The largest absolute Gasteiger partial charge is 0.478 e. The zero-order valence-electron chi connectivity index (χ0n) is 14.5. The lowest BCUT2D eigenvalue weighted by atomic mass is 9.93. The fourth-order valence-corrected chi connectivity index (χ4v) is 3.55. The van der Waals surface area contributed by atoms with Gasteiger partial charge < -0.3 is 10.1 Å². The summed E-state index contributed by atoms with van der Waals surface area (Å²) in [6, 6.07) is 5.27. The van der Waals surface area contributed by atoms with Crippen LogP contribution in [0.4, 0.5) is 0 Å². The van der Waals surface area contributed by atoms with Gasteiger partial charge in [-0.25, -0.2) is 4.79 Å². The Kier molecular flexibility index (Phi) is 5.69. The Labute approximate surface area is 147 Å². The van der Waals surface area contributed by atoms with Gasteiger partial charge in [0.2, 0.25) is 0 Å². The fourth-order valence-electron chi connectivity index (χ4n) is 3.55. The first kappa shape index (κ1) is 17.5. The van der Waals surface area contributed by atoms with E-state index in [0.29, 0.717) is 11.3 Å². The van der Waals surface area contributed by atoms with Crippen molar-refractivity contribution in [3.05, 3.63) is 41.6 Å². The average molecular weight is 339 g/mol. The maximum atomic E-state index is 10.9. The maximum absolute atomic E-state index is 10.9. The molecular weight excluding hydrogens is 314 g/mol. The molecule has 0 amide bonds. The molecule has 0 radical (unpaired) electrons. The SMILES string of the molecule is O=C(O)c1ccc2c(C3=CCCCC3)c[nH]c2c1.O=C1CCCCC1. The quantitative estimate of drug-likeness (QED) is 0.775. The number of carboxylic acid groups (broad SMARTS) is 1. The van der Waals surface area contributed by atoms with Crippen LogP contribution >= 0.6 is 0 Å². The van der Waals surface area contributed by atoms with Crippen LogP contribution in [0.5, 0.6) is 0 Å². The molecule has 132 valence electrons. The molecule has 25 heavy (non-hydrogen) atoms. The number of aromatic amines is 1. The first-order chi connectivity index (χ1) is 12.1. The smallest absolute Gasteiger partial charge is 0.335 e. The van der Waals surface area contributed by atoms with E-state index in [1.807, 2.05) is 12.3 Å². The number of carboxylic acids is 1. The molecule has 1 aromatic heterocycles. The van der Waals surface area contributed by atoms with E-state index in [0.717, 1.165) is 49.4 Å².